The largest absolute Gasteiger partial charge is 0.457 e. The van der Waals surface area contributed by atoms with Gasteiger partial charge in [0, 0.05) is 59.7 Å². The Labute approximate surface area is 347 Å². The fourth-order valence-corrected chi connectivity index (χ4v) is 10.8. The third-order valence-corrected chi connectivity index (χ3v) is 13.2. The molecule has 0 unspecified atom stereocenters. The van der Waals surface area contributed by atoms with Crippen molar-refractivity contribution >= 4 is 65.6 Å². The van der Waals surface area contributed by atoms with Crippen LogP contribution in [0.25, 0.3) is 31.3 Å². The zero-order valence-corrected chi connectivity index (χ0v) is 32.8. The van der Waals surface area contributed by atoms with Crippen LogP contribution in [0.1, 0.15) is 22.3 Å². The third-order valence-electron chi connectivity index (χ3n) is 12.1. The van der Waals surface area contributed by atoms with Crippen LogP contribution in [0.15, 0.2) is 218 Å². The van der Waals surface area contributed by atoms with Gasteiger partial charge in [0.25, 0.3) is 0 Å². The highest BCUT2D eigenvalue weighted by atomic mass is 32.1. The molecule has 10 aromatic rings. The van der Waals surface area contributed by atoms with E-state index >= 15 is 0 Å². The number of hydrogen-bond acceptors (Lipinski definition) is 4. The van der Waals surface area contributed by atoms with E-state index in [9.17, 15) is 0 Å². The van der Waals surface area contributed by atoms with Gasteiger partial charge in [0.2, 0.25) is 0 Å². The minimum Gasteiger partial charge on any atom is -0.457 e. The lowest BCUT2D eigenvalue weighted by molar-refractivity contribution is 0.436. The van der Waals surface area contributed by atoms with Crippen molar-refractivity contribution in [2.75, 3.05) is 9.80 Å². The molecule has 4 heteroatoms. The smallest absolute Gasteiger partial charge is 0.132 e. The van der Waals surface area contributed by atoms with Gasteiger partial charge >= 0.3 is 0 Å². The predicted molar refractivity (Wildman–Crippen MR) is 246 cm³/mol. The van der Waals surface area contributed by atoms with E-state index in [4.69, 9.17) is 4.74 Å². The average Bonchev–Trinajstić information content (AvgIpc) is 3.82. The molecule has 1 aliphatic carbocycles. The van der Waals surface area contributed by atoms with E-state index < -0.39 is 5.41 Å². The molecule has 0 atom stereocenters. The van der Waals surface area contributed by atoms with Crippen LogP contribution in [0.5, 0.6) is 11.5 Å². The number of ether oxygens (including phenoxy) is 1. The fraction of sp³-hybridized carbons (Fsp3) is 0.0182. The Kier molecular flexibility index (Phi) is 7.62. The quantitative estimate of drug-likeness (QED) is 0.167. The molecule has 2 heterocycles. The van der Waals surface area contributed by atoms with Crippen LogP contribution < -0.4 is 14.5 Å². The maximum Gasteiger partial charge on any atom is 0.132 e. The van der Waals surface area contributed by atoms with Crippen molar-refractivity contribution in [3.63, 3.8) is 0 Å². The lowest BCUT2D eigenvalue weighted by Crippen LogP contribution is -2.32. The normalized spacial score (nSPS) is 13.0. The molecule has 0 saturated heterocycles. The van der Waals surface area contributed by atoms with Gasteiger partial charge in [-0.25, -0.2) is 0 Å². The van der Waals surface area contributed by atoms with Gasteiger partial charge in [-0.15, -0.1) is 11.3 Å². The molecule has 0 saturated carbocycles. The zero-order chi connectivity index (χ0) is 38.9. The molecule has 0 radical (unpaired) electrons. The molecule has 1 aromatic heterocycles. The van der Waals surface area contributed by atoms with Gasteiger partial charge in [0.1, 0.15) is 11.5 Å². The Balaban J connectivity index is 1.11. The minimum atomic E-state index is -0.565. The van der Waals surface area contributed by atoms with E-state index in [1.807, 2.05) is 11.3 Å². The van der Waals surface area contributed by atoms with Gasteiger partial charge in [-0.3, -0.25) is 0 Å². The summed E-state index contributed by atoms with van der Waals surface area (Å²) in [7, 11) is 0. The Hall–Kier alpha value is -7.40. The summed E-state index contributed by atoms with van der Waals surface area (Å²) in [6.07, 6.45) is 0. The summed E-state index contributed by atoms with van der Waals surface area (Å²) < 4.78 is 9.16. The second-order valence-corrected chi connectivity index (χ2v) is 16.3. The van der Waals surface area contributed by atoms with E-state index in [1.54, 1.807) is 0 Å². The highest BCUT2D eigenvalue weighted by Gasteiger charge is 2.51. The standard InChI is InChI=1S/C55H36N2OS/c1-4-17-37(18-5-1)56(38-19-6-2-7-20-38)40-32-34-52-44(35-40)54-49(27-16-30-53(54)59-52)57(39-21-8-3-9-22-39)41-31-33-43-42-23-10-11-24-45(42)55(48(43)36-41)46-25-12-14-28-50(46)58-51-29-15-13-26-47(51)55/h1-36H. The van der Waals surface area contributed by atoms with Crippen molar-refractivity contribution in [2.45, 2.75) is 5.41 Å². The van der Waals surface area contributed by atoms with Crippen LogP contribution in [0.3, 0.4) is 0 Å². The van der Waals surface area contributed by atoms with Crippen molar-refractivity contribution in [1.29, 1.82) is 0 Å². The molecule has 2 aliphatic rings. The molecule has 0 bridgehead atoms. The summed E-state index contributed by atoms with van der Waals surface area (Å²) in [5, 5.41) is 2.47. The van der Waals surface area contributed by atoms with Gasteiger partial charge in [-0.05, 0) is 113 Å². The van der Waals surface area contributed by atoms with Gasteiger partial charge in [0.05, 0.1) is 11.1 Å². The number of rotatable bonds is 6. The van der Waals surface area contributed by atoms with Crippen molar-refractivity contribution in [1.82, 2.24) is 0 Å². The molecule has 1 spiro atoms. The van der Waals surface area contributed by atoms with Gasteiger partial charge in [-0.1, -0.05) is 127 Å². The van der Waals surface area contributed by atoms with Gasteiger partial charge < -0.3 is 14.5 Å². The Bertz CT molecular complexity index is 3130. The first-order valence-electron chi connectivity index (χ1n) is 20.1. The van der Waals surface area contributed by atoms with Crippen LogP contribution in [0.2, 0.25) is 0 Å². The molecular formula is C55H36N2OS. The Morgan fingerprint density at radius 1 is 0.356 bits per heavy atom. The first-order chi connectivity index (χ1) is 29.3. The van der Waals surface area contributed by atoms with Crippen LogP contribution in [0.4, 0.5) is 34.1 Å². The highest BCUT2D eigenvalue weighted by molar-refractivity contribution is 7.26. The predicted octanol–water partition coefficient (Wildman–Crippen LogP) is 15.5. The summed E-state index contributed by atoms with van der Waals surface area (Å²) in [5.74, 6) is 1.79. The number of benzene rings is 9. The second kappa shape index (κ2) is 13.3. The topological polar surface area (TPSA) is 15.7 Å². The van der Waals surface area contributed by atoms with E-state index in [1.165, 1.54) is 42.4 Å². The minimum absolute atomic E-state index is 0.565. The molecule has 1 aliphatic heterocycles. The summed E-state index contributed by atoms with van der Waals surface area (Å²) in [4.78, 5) is 4.81. The molecule has 0 fully saturated rings. The number of para-hydroxylation sites is 5. The monoisotopic (exact) mass is 772 g/mol. The first-order valence-corrected chi connectivity index (χ1v) is 20.9. The molecule has 0 amide bonds. The molecule has 12 rings (SSSR count). The number of fused-ring (bicyclic) bond motifs is 12. The Morgan fingerprint density at radius 2 is 0.881 bits per heavy atom. The van der Waals surface area contributed by atoms with Crippen molar-refractivity contribution < 1.29 is 4.74 Å². The number of nitrogens with zero attached hydrogens (tertiary/aromatic N) is 2. The van der Waals surface area contributed by atoms with Crippen molar-refractivity contribution in [3.8, 4) is 22.6 Å². The van der Waals surface area contributed by atoms with E-state index in [0.29, 0.717) is 0 Å². The number of anilines is 6. The molecule has 3 nitrogen and oxygen atoms in total. The maximum absolute atomic E-state index is 6.66. The van der Waals surface area contributed by atoms with Crippen LogP contribution in [0, 0.1) is 0 Å². The molecule has 9 aromatic carbocycles. The van der Waals surface area contributed by atoms with Crippen molar-refractivity contribution in [2.24, 2.45) is 0 Å². The third kappa shape index (κ3) is 5.07. The maximum atomic E-state index is 6.66. The average molecular weight is 773 g/mol. The van der Waals surface area contributed by atoms with Crippen LogP contribution >= 0.6 is 11.3 Å². The molecule has 0 N–H and O–H groups in total. The summed E-state index contributed by atoms with van der Waals surface area (Å²) in [6.45, 7) is 0. The fourth-order valence-electron chi connectivity index (χ4n) is 9.71. The Morgan fingerprint density at radius 3 is 1.54 bits per heavy atom. The SMILES string of the molecule is c1ccc(N(c2ccccc2)c2ccc3sc4cccc(N(c5ccccc5)c5ccc6c(c5)C5(c7ccccc7Oc7ccccc75)c5ccccc5-6)c4c3c2)cc1. The number of thiophene rings is 1. The van der Waals surface area contributed by atoms with E-state index in [-0.39, 0.29) is 0 Å². The lowest BCUT2D eigenvalue weighted by atomic mass is 9.66. The van der Waals surface area contributed by atoms with Crippen LogP contribution in [-0.2, 0) is 5.41 Å². The highest BCUT2D eigenvalue weighted by Crippen LogP contribution is 2.63. The summed E-state index contributed by atoms with van der Waals surface area (Å²) in [5.41, 5.74) is 13.5. The first kappa shape index (κ1) is 33.7. The van der Waals surface area contributed by atoms with E-state index in [0.717, 1.165) is 56.8 Å². The van der Waals surface area contributed by atoms with Crippen LogP contribution in [-0.4, -0.2) is 0 Å². The van der Waals surface area contributed by atoms with Crippen molar-refractivity contribution in [3.05, 3.63) is 241 Å². The van der Waals surface area contributed by atoms with Gasteiger partial charge in [0.15, 0.2) is 0 Å². The second-order valence-electron chi connectivity index (χ2n) is 15.2. The summed E-state index contributed by atoms with van der Waals surface area (Å²) in [6, 6.07) is 79.0. The molecule has 59 heavy (non-hydrogen) atoms. The van der Waals surface area contributed by atoms with E-state index in [2.05, 4.69) is 228 Å². The lowest BCUT2D eigenvalue weighted by Gasteiger charge is -2.39. The number of hydrogen-bond donors (Lipinski definition) is 0. The zero-order valence-electron chi connectivity index (χ0n) is 32.0. The molecular weight excluding hydrogens is 737 g/mol. The molecule has 278 valence electrons. The summed E-state index contributed by atoms with van der Waals surface area (Å²) >= 11 is 1.85. The van der Waals surface area contributed by atoms with Gasteiger partial charge in [-0.2, -0.15) is 0 Å².